The Hall–Kier alpha value is -0.960. The Morgan fingerprint density at radius 1 is 1.00 bits per heavy atom. The lowest BCUT2D eigenvalue weighted by atomic mass is 10.0. The summed E-state index contributed by atoms with van der Waals surface area (Å²) in [5, 5.41) is 2.85. The number of hydrogen-bond acceptors (Lipinski definition) is 1. The molecule has 0 saturated heterocycles. The number of nitrogens with one attached hydrogen (secondary N) is 1. The average Bonchev–Trinajstić information content (AvgIpc) is 2.12. The van der Waals surface area contributed by atoms with Gasteiger partial charge in [0.25, 0.3) is 5.92 Å². The molecule has 0 fully saturated rings. The van der Waals surface area contributed by atoms with E-state index in [2.05, 4.69) is 5.32 Å². The first-order valence-corrected chi connectivity index (χ1v) is 5.82. The summed E-state index contributed by atoms with van der Waals surface area (Å²) in [6, 6.07) is 5.01. The first-order chi connectivity index (χ1) is 7.60. The van der Waals surface area contributed by atoms with Gasteiger partial charge in [0.1, 0.15) is 0 Å². The van der Waals surface area contributed by atoms with Crippen molar-refractivity contribution in [1.82, 2.24) is 5.32 Å². The van der Waals surface area contributed by atoms with E-state index in [1.807, 2.05) is 40.7 Å². The Balaban J connectivity index is 2.88. The van der Waals surface area contributed by atoms with Gasteiger partial charge < -0.3 is 5.32 Å². The number of hydrogen-bond donors (Lipinski definition) is 1. The molecular formula is C14H21F2N. The van der Waals surface area contributed by atoms with Gasteiger partial charge in [-0.2, -0.15) is 8.78 Å². The predicted octanol–water partition coefficient (Wildman–Crippen LogP) is 3.78. The van der Waals surface area contributed by atoms with Gasteiger partial charge in [0.15, 0.2) is 0 Å². The Morgan fingerprint density at radius 3 is 1.88 bits per heavy atom. The molecular weight excluding hydrogens is 220 g/mol. The maximum absolute atomic E-state index is 14.0. The highest BCUT2D eigenvalue weighted by molar-refractivity contribution is 5.31. The van der Waals surface area contributed by atoms with E-state index in [9.17, 15) is 8.78 Å². The first-order valence-electron chi connectivity index (χ1n) is 5.82. The molecule has 1 nitrogen and oxygen atoms in total. The summed E-state index contributed by atoms with van der Waals surface area (Å²) in [7, 11) is 0. The van der Waals surface area contributed by atoms with Gasteiger partial charge in [-0.05, 0) is 34.6 Å². The van der Waals surface area contributed by atoms with Crippen LogP contribution in [0, 0.1) is 13.8 Å². The third kappa shape index (κ3) is 4.43. The monoisotopic (exact) mass is 241 g/mol. The molecule has 0 aliphatic carbocycles. The first kappa shape index (κ1) is 14.1. The summed E-state index contributed by atoms with van der Waals surface area (Å²) in [5.74, 6) is -2.83. The van der Waals surface area contributed by atoms with Gasteiger partial charge in [0.2, 0.25) is 0 Å². The summed E-state index contributed by atoms with van der Waals surface area (Å²) in [5.41, 5.74) is 1.53. The van der Waals surface area contributed by atoms with Crippen molar-refractivity contribution in [2.45, 2.75) is 46.1 Å². The topological polar surface area (TPSA) is 12.0 Å². The molecule has 1 aromatic rings. The second-order valence-corrected chi connectivity index (χ2v) is 5.68. The van der Waals surface area contributed by atoms with Crippen LogP contribution in [-0.2, 0) is 5.92 Å². The SMILES string of the molecule is Cc1cc(C)cc(C(F)(F)CNC(C)(C)C)c1. The third-order valence-electron chi connectivity index (χ3n) is 2.48. The molecule has 0 radical (unpaired) electrons. The van der Waals surface area contributed by atoms with Crippen LogP contribution in [0.1, 0.15) is 37.5 Å². The molecule has 1 aromatic carbocycles. The van der Waals surface area contributed by atoms with Crippen molar-refractivity contribution in [2.24, 2.45) is 0 Å². The molecule has 1 N–H and O–H groups in total. The quantitative estimate of drug-likeness (QED) is 0.849. The molecule has 0 heterocycles. The van der Waals surface area contributed by atoms with Crippen molar-refractivity contribution in [1.29, 1.82) is 0 Å². The molecule has 0 unspecified atom stereocenters. The van der Waals surface area contributed by atoms with Gasteiger partial charge in [-0.1, -0.05) is 29.3 Å². The highest BCUT2D eigenvalue weighted by atomic mass is 19.3. The van der Waals surface area contributed by atoms with Crippen LogP contribution >= 0.6 is 0 Å². The molecule has 96 valence electrons. The molecule has 0 aliphatic heterocycles. The Labute approximate surface area is 102 Å². The zero-order valence-electron chi connectivity index (χ0n) is 11.2. The number of rotatable bonds is 3. The summed E-state index contributed by atoms with van der Waals surface area (Å²) in [4.78, 5) is 0. The predicted molar refractivity (Wildman–Crippen MR) is 67.6 cm³/mol. The fourth-order valence-corrected chi connectivity index (χ4v) is 1.66. The van der Waals surface area contributed by atoms with Crippen LogP contribution in [0.4, 0.5) is 8.78 Å². The molecule has 0 saturated carbocycles. The standard InChI is InChI=1S/C14H21F2N/c1-10-6-11(2)8-12(7-10)14(15,16)9-17-13(3,4)5/h6-8,17H,9H2,1-5H3. The second kappa shape index (κ2) is 4.73. The molecule has 0 amide bonds. The largest absolute Gasteiger partial charge is 0.306 e. The van der Waals surface area contributed by atoms with Crippen LogP contribution < -0.4 is 5.32 Å². The zero-order chi connectivity index (χ0) is 13.3. The summed E-state index contributed by atoms with van der Waals surface area (Å²) < 4.78 is 28.0. The van der Waals surface area contributed by atoms with Crippen molar-refractivity contribution in [3.8, 4) is 0 Å². The smallest absolute Gasteiger partial charge is 0.285 e. The highest BCUT2D eigenvalue weighted by Crippen LogP contribution is 2.29. The Kier molecular flexibility index (Phi) is 3.92. The van der Waals surface area contributed by atoms with Gasteiger partial charge in [-0.25, -0.2) is 0 Å². The lowest BCUT2D eigenvalue weighted by Gasteiger charge is -2.25. The maximum atomic E-state index is 14.0. The number of aryl methyl sites for hydroxylation is 2. The molecule has 1 rings (SSSR count). The Morgan fingerprint density at radius 2 is 1.47 bits per heavy atom. The van der Waals surface area contributed by atoms with Crippen molar-refractivity contribution in [3.05, 3.63) is 34.9 Å². The van der Waals surface area contributed by atoms with Gasteiger partial charge in [-0.3, -0.25) is 0 Å². The zero-order valence-corrected chi connectivity index (χ0v) is 11.2. The van der Waals surface area contributed by atoms with Crippen molar-refractivity contribution in [3.63, 3.8) is 0 Å². The van der Waals surface area contributed by atoms with E-state index >= 15 is 0 Å². The van der Waals surface area contributed by atoms with Crippen LogP contribution in [-0.4, -0.2) is 12.1 Å². The summed E-state index contributed by atoms with van der Waals surface area (Å²) in [6.45, 7) is 8.98. The lowest BCUT2D eigenvalue weighted by molar-refractivity contribution is -0.00870. The van der Waals surface area contributed by atoms with Crippen LogP contribution in [0.3, 0.4) is 0 Å². The van der Waals surface area contributed by atoms with E-state index in [1.54, 1.807) is 12.1 Å². The van der Waals surface area contributed by atoms with E-state index in [-0.39, 0.29) is 17.6 Å². The van der Waals surface area contributed by atoms with Crippen LogP contribution in [0.5, 0.6) is 0 Å². The highest BCUT2D eigenvalue weighted by Gasteiger charge is 2.32. The fourth-order valence-electron chi connectivity index (χ4n) is 1.66. The van der Waals surface area contributed by atoms with E-state index in [4.69, 9.17) is 0 Å². The minimum atomic E-state index is -2.83. The normalized spacial score (nSPS) is 12.9. The van der Waals surface area contributed by atoms with Crippen molar-refractivity contribution in [2.75, 3.05) is 6.54 Å². The van der Waals surface area contributed by atoms with Gasteiger partial charge >= 0.3 is 0 Å². The lowest BCUT2D eigenvalue weighted by Crippen LogP contribution is -2.42. The average molecular weight is 241 g/mol. The van der Waals surface area contributed by atoms with E-state index in [1.165, 1.54) is 0 Å². The minimum Gasteiger partial charge on any atom is -0.306 e. The fraction of sp³-hybridized carbons (Fsp3) is 0.571. The number of benzene rings is 1. The van der Waals surface area contributed by atoms with Crippen molar-refractivity contribution >= 4 is 0 Å². The van der Waals surface area contributed by atoms with E-state index < -0.39 is 5.92 Å². The second-order valence-electron chi connectivity index (χ2n) is 5.68. The molecule has 17 heavy (non-hydrogen) atoms. The van der Waals surface area contributed by atoms with Gasteiger partial charge in [-0.15, -0.1) is 0 Å². The molecule has 0 aliphatic rings. The number of halogens is 2. The molecule has 0 aromatic heterocycles. The van der Waals surface area contributed by atoms with Crippen LogP contribution in [0.2, 0.25) is 0 Å². The summed E-state index contributed by atoms with van der Waals surface area (Å²) >= 11 is 0. The van der Waals surface area contributed by atoms with Gasteiger partial charge in [0.05, 0.1) is 6.54 Å². The maximum Gasteiger partial charge on any atom is 0.285 e. The van der Waals surface area contributed by atoms with Gasteiger partial charge in [0, 0.05) is 11.1 Å². The molecule has 0 bridgehead atoms. The van der Waals surface area contributed by atoms with E-state index in [0.717, 1.165) is 11.1 Å². The summed E-state index contributed by atoms with van der Waals surface area (Å²) in [6.07, 6.45) is 0. The molecule has 0 atom stereocenters. The van der Waals surface area contributed by atoms with Crippen LogP contribution in [0.25, 0.3) is 0 Å². The molecule has 3 heteroatoms. The van der Waals surface area contributed by atoms with Crippen LogP contribution in [0.15, 0.2) is 18.2 Å². The molecule has 0 spiro atoms. The van der Waals surface area contributed by atoms with E-state index in [0.29, 0.717) is 0 Å². The number of alkyl halides is 2. The Bertz CT molecular complexity index is 371. The third-order valence-corrected chi connectivity index (χ3v) is 2.48. The minimum absolute atomic E-state index is 0.0896. The van der Waals surface area contributed by atoms with Crippen molar-refractivity contribution < 1.29 is 8.78 Å².